The number of hydrogen-bond acceptors (Lipinski definition) is 6. The number of nitrogens with one attached hydrogen (secondary N) is 1. The molecule has 0 bridgehead atoms. The Kier molecular flexibility index (Phi) is 4.86. The topological polar surface area (TPSA) is 109 Å². The maximum Gasteiger partial charge on any atom is 0.322 e. The largest absolute Gasteiger partial charge is 0.480 e. The third-order valence-corrected chi connectivity index (χ3v) is 4.61. The average Bonchev–Trinajstić information content (AvgIpc) is 3.24. The Labute approximate surface area is 160 Å². The highest BCUT2D eigenvalue weighted by Crippen LogP contribution is 2.26. The van der Waals surface area contributed by atoms with Crippen LogP contribution in [0.25, 0.3) is 22.8 Å². The summed E-state index contributed by atoms with van der Waals surface area (Å²) in [4.78, 5) is 30.3. The summed E-state index contributed by atoms with van der Waals surface area (Å²) in [5.74, 6) is -0.559. The summed E-state index contributed by atoms with van der Waals surface area (Å²) in [6.07, 6.45) is 0. The van der Waals surface area contributed by atoms with Gasteiger partial charge in [0, 0.05) is 25.2 Å². The van der Waals surface area contributed by atoms with E-state index in [4.69, 9.17) is 4.52 Å². The van der Waals surface area contributed by atoms with Crippen molar-refractivity contribution in [3.63, 3.8) is 0 Å². The number of aliphatic carboxylic acids is 1. The van der Waals surface area contributed by atoms with E-state index in [9.17, 15) is 14.7 Å². The molecule has 8 heteroatoms. The van der Waals surface area contributed by atoms with Gasteiger partial charge in [0.15, 0.2) is 0 Å². The number of carbonyl (C=O) groups is 2. The van der Waals surface area contributed by atoms with Gasteiger partial charge in [0.1, 0.15) is 6.04 Å². The van der Waals surface area contributed by atoms with Crippen LogP contribution in [-0.2, 0) is 4.79 Å². The van der Waals surface area contributed by atoms with Gasteiger partial charge in [-0.15, -0.1) is 0 Å². The second-order valence-electron chi connectivity index (χ2n) is 6.43. The van der Waals surface area contributed by atoms with Gasteiger partial charge >= 0.3 is 5.97 Å². The van der Waals surface area contributed by atoms with Crippen LogP contribution in [0.4, 0.5) is 0 Å². The molecule has 2 N–H and O–H groups in total. The molecular weight excluding hydrogens is 360 g/mol. The highest BCUT2D eigenvalue weighted by atomic mass is 16.5. The molecule has 1 aromatic heterocycles. The Morgan fingerprint density at radius 1 is 1.11 bits per heavy atom. The molecule has 0 saturated carbocycles. The van der Waals surface area contributed by atoms with E-state index in [0.29, 0.717) is 30.0 Å². The van der Waals surface area contributed by atoms with Crippen LogP contribution >= 0.6 is 0 Å². The van der Waals surface area contributed by atoms with Crippen molar-refractivity contribution >= 4 is 11.9 Å². The molecular formula is C20H18N4O4. The van der Waals surface area contributed by atoms with E-state index in [-0.39, 0.29) is 18.3 Å². The van der Waals surface area contributed by atoms with Crippen LogP contribution < -0.4 is 5.32 Å². The van der Waals surface area contributed by atoms with Crippen molar-refractivity contribution in [3.05, 3.63) is 60.2 Å². The van der Waals surface area contributed by atoms with Gasteiger partial charge in [0.05, 0.1) is 11.1 Å². The number of aromatic nitrogens is 2. The first-order valence-electron chi connectivity index (χ1n) is 8.87. The van der Waals surface area contributed by atoms with Crippen LogP contribution in [0.15, 0.2) is 59.1 Å². The highest BCUT2D eigenvalue weighted by Gasteiger charge is 2.30. The number of amides is 1. The fraction of sp³-hybridized carbons (Fsp3) is 0.200. The lowest BCUT2D eigenvalue weighted by Crippen LogP contribution is -2.55. The molecule has 1 atom stereocenters. The lowest BCUT2D eigenvalue weighted by atomic mass is 10.0. The molecule has 2 heterocycles. The number of carbonyl (C=O) groups excluding carboxylic acids is 1. The number of benzene rings is 2. The monoisotopic (exact) mass is 378 g/mol. The molecule has 0 spiro atoms. The average molecular weight is 378 g/mol. The fourth-order valence-electron chi connectivity index (χ4n) is 3.16. The lowest BCUT2D eigenvalue weighted by molar-refractivity contribution is -0.140. The summed E-state index contributed by atoms with van der Waals surface area (Å²) in [5.41, 5.74) is 1.73. The quantitative estimate of drug-likeness (QED) is 0.714. The summed E-state index contributed by atoms with van der Waals surface area (Å²) < 4.78 is 5.40. The first-order chi connectivity index (χ1) is 13.6. The zero-order valence-electron chi connectivity index (χ0n) is 14.9. The van der Waals surface area contributed by atoms with Gasteiger partial charge in [-0.25, -0.2) is 0 Å². The summed E-state index contributed by atoms with van der Waals surface area (Å²) in [7, 11) is 0. The maximum absolute atomic E-state index is 13.1. The predicted molar refractivity (Wildman–Crippen MR) is 101 cm³/mol. The molecule has 8 nitrogen and oxygen atoms in total. The van der Waals surface area contributed by atoms with Crippen molar-refractivity contribution in [1.29, 1.82) is 0 Å². The molecule has 3 aromatic rings. The van der Waals surface area contributed by atoms with Crippen molar-refractivity contribution in [2.45, 2.75) is 6.04 Å². The van der Waals surface area contributed by atoms with Crippen LogP contribution in [0.2, 0.25) is 0 Å². The second-order valence-corrected chi connectivity index (χ2v) is 6.43. The first-order valence-corrected chi connectivity index (χ1v) is 8.87. The van der Waals surface area contributed by atoms with Gasteiger partial charge in [0.25, 0.3) is 11.8 Å². The number of nitrogens with zero attached hydrogens (tertiary/aromatic N) is 3. The summed E-state index contributed by atoms with van der Waals surface area (Å²) in [5, 5.41) is 16.1. The maximum atomic E-state index is 13.1. The van der Waals surface area contributed by atoms with Gasteiger partial charge < -0.3 is 19.8 Å². The number of carboxylic acids is 1. The second kappa shape index (κ2) is 7.61. The van der Waals surface area contributed by atoms with Crippen LogP contribution in [0.3, 0.4) is 0 Å². The molecule has 28 heavy (non-hydrogen) atoms. The van der Waals surface area contributed by atoms with Gasteiger partial charge in [0.2, 0.25) is 5.82 Å². The van der Waals surface area contributed by atoms with E-state index in [2.05, 4.69) is 15.5 Å². The molecule has 1 fully saturated rings. The van der Waals surface area contributed by atoms with Crippen LogP contribution in [0, 0.1) is 0 Å². The Hall–Kier alpha value is -3.52. The van der Waals surface area contributed by atoms with Crippen LogP contribution in [0.5, 0.6) is 0 Å². The Bertz CT molecular complexity index is 1000. The van der Waals surface area contributed by atoms with Gasteiger partial charge in [-0.05, 0) is 12.1 Å². The van der Waals surface area contributed by atoms with Crippen LogP contribution in [0.1, 0.15) is 10.4 Å². The van der Waals surface area contributed by atoms with Crippen LogP contribution in [-0.4, -0.2) is 57.7 Å². The molecule has 1 aliphatic heterocycles. The molecule has 1 unspecified atom stereocenters. The van der Waals surface area contributed by atoms with Crippen molar-refractivity contribution < 1.29 is 19.2 Å². The number of rotatable bonds is 4. The third-order valence-electron chi connectivity index (χ3n) is 4.61. The molecule has 1 saturated heterocycles. The minimum Gasteiger partial charge on any atom is -0.480 e. The minimum absolute atomic E-state index is 0.0988. The molecule has 1 amide bonds. The number of hydrogen-bond donors (Lipinski definition) is 2. The zero-order valence-corrected chi connectivity index (χ0v) is 14.9. The van der Waals surface area contributed by atoms with Crippen molar-refractivity contribution in [1.82, 2.24) is 20.4 Å². The van der Waals surface area contributed by atoms with E-state index >= 15 is 0 Å². The van der Waals surface area contributed by atoms with Gasteiger partial charge in [-0.2, -0.15) is 4.98 Å². The summed E-state index contributed by atoms with van der Waals surface area (Å²) in [6.45, 7) is 0.946. The van der Waals surface area contributed by atoms with Gasteiger partial charge in [-0.1, -0.05) is 47.6 Å². The zero-order chi connectivity index (χ0) is 19.5. The Morgan fingerprint density at radius 2 is 1.86 bits per heavy atom. The smallest absolute Gasteiger partial charge is 0.322 e. The number of carboxylic acid groups (broad SMARTS) is 1. The highest BCUT2D eigenvalue weighted by molar-refractivity contribution is 6.00. The Balaban J connectivity index is 1.63. The normalized spacial score (nSPS) is 16.7. The Morgan fingerprint density at radius 3 is 2.64 bits per heavy atom. The summed E-state index contributed by atoms with van der Waals surface area (Å²) in [6, 6.07) is 15.6. The van der Waals surface area contributed by atoms with Crippen molar-refractivity contribution in [3.8, 4) is 22.8 Å². The van der Waals surface area contributed by atoms with E-state index in [1.54, 1.807) is 24.3 Å². The van der Waals surface area contributed by atoms with E-state index in [0.717, 1.165) is 5.56 Å². The van der Waals surface area contributed by atoms with E-state index < -0.39 is 12.0 Å². The molecule has 0 radical (unpaired) electrons. The SMILES string of the molecule is O=C(O)C1CN(C(=O)c2ccccc2-c2nc(-c3ccccc3)no2)CCN1. The third kappa shape index (κ3) is 3.49. The first kappa shape index (κ1) is 17.9. The molecule has 1 aliphatic rings. The minimum atomic E-state index is -0.977. The van der Waals surface area contributed by atoms with Gasteiger partial charge in [-0.3, -0.25) is 9.59 Å². The molecule has 4 rings (SSSR count). The van der Waals surface area contributed by atoms with E-state index in [1.165, 1.54) is 4.90 Å². The molecule has 0 aliphatic carbocycles. The van der Waals surface area contributed by atoms with Crippen molar-refractivity contribution in [2.75, 3.05) is 19.6 Å². The standard InChI is InChI=1S/C20H18N4O4/c25-19(24-11-10-21-16(12-24)20(26)27)15-9-5-4-8-14(15)18-22-17(23-28-18)13-6-2-1-3-7-13/h1-9,16,21H,10-12H2,(H,26,27). The molecule has 142 valence electrons. The summed E-state index contributed by atoms with van der Waals surface area (Å²) >= 11 is 0. The number of piperazine rings is 1. The van der Waals surface area contributed by atoms with E-state index in [1.807, 2.05) is 30.3 Å². The fourth-order valence-corrected chi connectivity index (χ4v) is 3.16. The molecule has 2 aromatic carbocycles. The predicted octanol–water partition coefficient (Wildman–Crippen LogP) is 1.90. The lowest BCUT2D eigenvalue weighted by Gasteiger charge is -2.31. The van der Waals surface area contributed by atoms with Crippen molar-refractivity contribution in [2.24, 2.45) is 0 Å².